The van der Waals surface area contributed by atoms with Gasteiger partial charge in [0, 0.05) is 24.4 Å². The molecule has 2 N–H and O–H groups in total. The highest BCUT2D eigenvalue weighted by atomic mass is 16.5. The van der Waals surface area contributed by atoms with Crippen LogP contribution in [0.2, 0.25) is 0 Å². The first-order chi connectivity index (χ1) is 8.79. The molecule has 0 aromatic carbocycles. The van der Waals surface area contributed by atoms with E-state index in [9.17, 15) is 4.79 Å². The van der Waals surface area contributed by atoms with E-state index in [0.29, 0.717) is 12.5 Å². The number of hydrogen-bond acceptors (Lipinski definition) is 4. The van der Waals surface area contributed by atoms with Crippen molar-refractivity contribution in [3.05, 3.63) is 18.2 Å². The summed E-state index contributed by atoms with van der Waals surface area (Å²) in [6, 6.07) is 0.157. The van der Waals surface area contributed by atoms with E-state index in [2.05, 4.69) is 15.3 Å². The number of nitrogens with zero attached hydrogens (tertiary/aromatic N) is 1. The smallest absolute Gasteiger partial charge is 0.323 e. The highest BCUT2D eigenvalue weighted by molar-refractivity contribution is 5.76. The topological polar surface area (TPSA) is 67.0 Å². The van der Waals surface area contributed by atoms with Crippen LogP contribution in [0.15, 0.2) is 12.5 Å². The quantitative estimate of drug-likeness (QED) is 0.777. The van der Waals surface area contributed by atoms with Gasteiger partial charge in [0.1, 0.15) is 6.04 Å². The lowest BCUT2D eigenvalue weighted by Crippen LogP contribution is -2.46. The summed E-state index contributed by atoms with van der Waals surface area (Å²) in [4.78, 5) is 18.8. The minimum Gasteiger partial charge on any atom is -0.468 e. The Hall–Kier alpha value is -1.36. The summed E-state index contributed by atoms with van der Waals surface area (Å²) in [7, 11) is 1.44. The van der Waals surface area contributed by atoms with Gasteiger partial charge in [0.25, 0.3) is 0 Å². The van der Waals surface area contributed by atoms with Gasteiger partial charge in [-0.25, -0.2) is 4.98 Å². The molecule has 1 aliphatic carbocycles. The summed E-state index contributed by atoms with van der Waals surface area (Å²) in [5, 5.41) is 3.42. The number of methoxy groups -OCH3 is 1. The molecule has 1 atom stereocenters. The fraction of sp³-hybridized carbons (Fsp3) is 0.692. The zero-order valence-electron chi connectivity index (χ0n) is 10.8. The summed E-state index contributed by atoms with van der Waals surface area (Å²) in [6.07, 6.45) is 10.1. The second-order valence-corrected chi connectivity index (χ2v) is 4.86. The molecule has 0 aliphatic heterocycles. The molecular weight excluding hydrogens is 230 g/mol. The Morgan fingerprint density at radius 2 is 2.33 bits per heavy atom. The van der Waals surface area contributed by atoms with E-state index >= 15 is 0 Å². The predicted molar refractivity (Wildman–Crippen MR) is 68.1 cm³/mol. The van der Waals surface area contributed by atoms with Crippen molar-refractivity contribution in [1.82, 2.24) is 15.3 Å². The molecule has 0 unspecified atom stereocenters. The molecule has 0 spiro atoms. The number of rotatable bonds is 5. The maximum atomic E-state index is 11.8. The van der Waals surface area contributed by atoms with E-state index in [0.717, 1.165) is 18.5 Å². The van der Waals surface area contributed by atoms with Gasteiger partial charge < -0.3 is 15.0 Å². The van der Waals surface area contributed by atoms with E-state index in [-0.39, 0.29) is 12.0 Å². The molecule has 0 amide bonds. The number of aromatic amines is 1. The molecule has 1 aromatic rings. The van der Waals surface area contributed by atoms with E-state index < -0.39 is 0 Å². The fourth-order valence-electron chi connectivity index (χ4n) is 2.52. The first kappa shape index (κ1) is 13.1. The molecule has 5 nitrogen and oxygen atoms in total. The lowest BCUT2D eigenvalue weighted by molar-refractivity contribution is -0.143. The average molecular weight is 251 g/mol. The van der Waals surface area contributed by atoms with Crippen LogP contribution in [-0.2, 0) is 16.0 Å². The van der Waals surface area contributed by atoms with Crippen LogP contribution in [0.25, 0.3) is 0 Å². The molecule has 1 saturated carbocycles. The first-order valence-electron chi connectivity index (χ1n) is 6.60. The normalized spacial score (nSPS) is 18.5. The number of H-pyrrole nitrogens is 1. The second-order valence-electron chi connectivity index (χ2n) is 4.86. The van der Waals surface area contributed by atoms with Crippen LogP contribution < -0.4 is 5.32 Å². The van der Waals surface area contributed by atoms with Crippen molar-refractivity contribution in [2.45, 2.75) is 50.6 Å². The van der Waals surface area contributed by atoms with E-state index in [1.165, 1.54) is 26.4 Å². The van der Waals surface area contributed by atoms with Gasteiger partial charge in [-0.05, 0) is 12.8 Å². The van der Waals surface area contributed by atoms with Crippen molar-refractivity contribution in [2.24, 2.45) is 0 Å². The minimum absolute atomic E-state index is 0.199. The van der Waals surface area contributed by atoms with Gasteiger partial charge in [0.2, 0.25) is 0 Å². The van der Waals surface area contributed by atoms with Crippen molar-refractivity contribution in [2.75, 3.05) is 7.11 Å². The Kier molecular flexibility index (Phi) is 4.75. The van der Waals surface area contributed by atoms with Crippen molar-refractivity contribution in [3.8, 4) is 0 Å². The second kappa shape index (κ2) is 6.54. The van der Waals surface area contributed by atoms with Gasteiger partial charge in [-0.15, -0.1) is 0 Å². The van der Waals surface area contributed by atoms with Crippen LogP contribution in [-0.4, -0.2) is 35.1 Å². The third-order valence-electron chi connectivity index (χ3n) is 3.51. The summed E-state index contributed by atoms with van der Waals surface area (Å²) in [6.45, 7) is 0. The maximum absolute atomic E-state index is 11.8. The van der Waals surface area contributed by atoms with Crippen molar-refractivity contribution >= 4 is 5.97 Å². The summed E-state index contributed by atoms with van der Waals surface area (Å²) in [5.74, 6) is -0.199. The van der Waals surface area contributed by atoms with Gasteiger partial charge in [-0.2, -0.15) is 0 Å². The zero-order valence-corrected chi connectivity index (χ0v) is 10.8. The highest BCUT2D eigenvalue weighted by Crippen LogP contribution is 2.18. The highest BCUT2D eigenvalue weighted by Gasteiger charge is 2.24. The van der Waals surface area contributed by atoms with E-state index in [4.69, 9.17) is 4.74 Å². The third-order valence-corrected chi connectivity index (χ3v) is 3.51. The maximum Gasteiger partial charge on any atom is 0.323 e. The molecule has 1 aliphatic rings. The number of esters is 1. The van der Waals surface area contributed by atoms with E-state index in [1.807, 2.05) is 0 Å². The largest absolute Gasteiger partial charge is 0.468 e. The molecule has 2 rings (SSSR count). The number of imidazole rings is 1. The van der Waals surface area contributed by atoms with Crippen LogP contribution in [0.1, 0.15) is 37.8 Å². The van der Waals surface area contributed by atoms with Gasteiger partial charge in [0.15, 0.2) is 0 Å². The van der Waals surface area contributed by atoms with Gasteiger partial charge in [-0.1, -0.05) is 19.3 Å². The molecule has 0 radical (unpaired) electrons. The lowest BCUT2D eigenvalue weighted by Gasteiger charge is -2.27. The predicted octanol–water partition coefficient (Wildman–Crippen LogP) is 1.42. The number of aromatic nitrogens is 2. The Morgan fingerprint density at radius 1 is 1.56 bits per heavy atom. The summed E-state index contributed by atoms with van der Waals surface area (Å²) < 4.78 is 4.87. The molecular formula is C13H21N3O2. The summed E-state index contributed by atoms with van der Waals surface area (Å²) >= 11 is 0. The summed E-state index contributed by atoms with van der Waals surface area (Å²) in [5.41, 5.74) is 0.953. The zero-order chi connectivity index (χ0) is 12.8. The molecule has 0 bridgehead atoms. The molecule has 1 aromatic heterocycles. The Morgan fingerprint density at radius 3 is 2.94 bits per heavy atom. The van der Waals surface area contributed by atoms with Crippen LogP contribution in [0.4, 0.5) is 0 Å². The molecule has 1 fully saturated rings. The number of hydrogen-bond donors (Lipinski definition) is 2. The molecule has 5 heteroatoms. The SMILES string of the molecule is COC(=O)[C@H](Cc1cnc[nH]1)NC1CCCCC1. The standard InChI is InChI=1S/C13H21N3O2/c1-18-13(17)12(7-11-8-14-9-15-11)16-10-5-3-2-4-6-10/h8-10,12,16H,2-7H2,1H3,(H,14,15)/t12-/m0/s1. The number of ether oxygens (including phenoxy) is 1. The Bertz CT molecular complexity index is 358. The van der Waals surface area contributed by atoms with Crippen LogP contribution >= 0.6 is 0 Å². The Labute approximate surface area is 107 Å². The number of carbonyl (C=O) groups is 1. The molecule has 1 heterocycles. The van der Waals surface area contributed by atoms with Crippen molar-refractivity contribution < 1.29 is 9.53 Å². The van der Waals surface area contributed by atoms with Crippen LogP contribution in [0.3, 0.4) is 0 Å². The van der Waals surface area contributed by atoms with Gasteiger partial charge in [0.05, 0.1) is 13.4 Å². The van der Waals surface area contributed by atoms with Crippen molar-refractivity contribution in [1.29, 1.82) is 0 Å². The first-order valence-corrected chi connectivity index (χ1v) is 6.60. The monoisotopic (exact) mass is 251 g/mol. The third kappa shape index (κ3) is 3.57. The van der Waals surface area contributed by atoms with Crippen LogP contribution in [0.5, 0.6) is 0 Å². The lowest BCUT2D eigenvalue weighted by atomic mass is 9.94. The minimum atomic E-state index is -0.279. The average Bonchev–Trinajstić information content (AvgIpc) is 2.91. The van der Waals surface area contributed by atoms with E-state index in [1.54, 1.807) is 12.5 Å². The Balaban J connectivity index is 1.93. The van der Waals surface area contributed by atoms with Gasteiger partial charge >= 0.3 is 5.97 Å². The van der Waals surface area contributed by atoms with Gasteiger partial charge in [-0.3, -0.25) is 4.79 Å². The molecule has 0 saturated heterocycles. The number of nitrogens with one attached hydrogen (secondary N) is 2. The fourth-order valence-corrected chi connectivity index (χ4v) is 2.52. The van der Waals surface area contributed by atoms with Crippen molar-refractivity contribution in [3.63, 3.8) is 0 Å². The van der Waals surface area contributed by atoms with Crippen LogP contribution in [0, 0.1) is 0 Å². The molecule has 18 heavy (non-hydrogen) atoms. The number of carbonyl (C=O) groups excluding carboxylic acids is 1. The molecule has 100 valence electrons.